The third-order valence-corrected chi connectivity index (χ3v) is 5.25. The first-order valence-corrected chi connectivity index (χ1v) is 5.76. The van der Waals surface area contributed by atoms with E-state index >= 15 is 0 Å². The van der Waals surface area contributed by atoms with Crippen LogP contribution in [0.4, 0.5) is 0 Å². The van der Waals surface area contributed by atoms with E-state index in [-0.39, 0.29) is 5.41 Å². The summed E-state index contributed by atoms with van der Waals surface area (Å²) in [5, 5.41) is 0. The van der Waals surface area contributed by atoms with Gasteiger partial charge in [0.2, 0.25) is 0 Å². The molecule has 2 saturated carbocycles. The van der Waals surface area contributed by atoms with Crippen molar-refractivity contribution in [1.29, 1.82) is 0 Å². The topological polar surface area (TPSA) is 26.3 Å². The Bertz CT molecular complexity index is 284. The molecule has 2 heteroatoms. The fraction of sp³-hybridized carbons (Fsp3) is 0.917. The molecule has 78 valence electrons. The summed E-state index contributed by atoms with van der Waals surface area (Å²) in [4.78, 5) is 11.9. The number of carbonyl (C=O) groups excluding carboxylic acids is 1. The van der Waals surface area contributed by atoms with Crippen LogP contribution in [-0.4, -0.2) is 19.0 Å². The smallest absolute Gasteiger partial charge is 0.167 e. The summed E-state index contributed by atoms with van der Waals surface area (Å²) in [7, 11) is 0. The van der Waals surface area contributed by atoms with Gasteiger partial charge in [0.05, 0.1) is 12.0 Å². The summed E-state index contributed by atoms with van der Waals surface area (Å²) in [5.41, 5.74) is -0.0450. The summed E-state index contributed by atoms with van der Waals surface area (Å²) in [5.74, 6) is 3.35. The van der Waals surface area contributed by atoms with Gasteiger partial charge in [0.15, 0.2) is 5.78 Å². The average Bonchev–Trinajstić information content (AvgIpc) is 2.77. The van der Waals surface area contributed by atoms with Crippen molar-refractivity contribution in [2.45, 2.75) is 26.7 Å². The van der Waals surface area contributed by atoms with E-state index in [0.29, 0.717) is 24.9 Å². The van der Waals surface area contributed by atoms with Crippen LogP contribution in [-0.2, 0) is 9.53 Å². The number of ketones is 1. The molecule has 1 saturated heterocycles. The van der Waals surface area contributed by atoms with Crippen molar-refractivity contribution in [2.75, 3.05) is 13.2 Å². The van der Waals surface area contributed by atoms with Crippen molar-refractivity contribution in [2.24, 2.45) is 29.1 Å². The summed E-state index contributed by atoms with van der Waals surface area (Å²) in [6, 6.07) is 0. The summed E-state index contributed by atoms with van der Waals surface area (Å²) in [6.45, 7) is 5.76. The first-order valence-electron chi connectivity index (χ1n) is 5.76. The number of hydrogen-bond acceptors (Lipinski definition) is 2. The molecular formula is C12H18O2. The molecule has 1 heterocycles. The standard InChI is InChI=1S/C12H18O2/c1-7-8(2)10-3-9(7)4-12(10)6-14-5-11(12)13/h7-10H,3-6H2,1-2H3. The summed E-state index contributed by atoms with van der Waals surface area (Å²) < 4.78 is 5.38. The zero-order chi connectivity index (χ0) is 9.92. The fourth-order valence-electron chi connectivity index (χ4n) is 4.21. The molecule has 3 rings (SSSR count). The molecule has 3 aliphatic rings. The molecule has 0 aromatic carbocycles. The van der Waals surface area contributed by atoms with Gasteiger partial charge in [-0.25, -0.2) is 0 Å². The molecule has 0 aromatic rings. The van der Waals surface area contributed by atoms with Crippen molar-refractivity contribution in [3.8, 4) is 0 Å². The van der Waals surface area contributed by atoms with Crippen molar-refractivity contribution in [1.82, 2.24) is 0 Å². The number of fused-ring (bicyclic) bond motifs is 3. The van der Waals surface area contributed by atoms with Crippen LogP contribution in [0.3, 0.4) is 0 Å². The SMILES string of the molecule is CC1C2CC(C1C)C1(COCC1=O)C2. The van der Waals surface area contributed by atoms with Gasteiger partial charge < -0.3 is 4.74 Å². The minimum absolute atomic E-state index is 0.0450. The lowest BCUT2D eigenvalue weighted by molar-refractivity contribution is -0.128. The average molecular weight is 194 g/mol. The molecule has 2 nitrogen and oxygen atoms in total. The molecule has 1 aliphatic heterocycles. The number of ether oxygens (including phenoxy) is 1. The van der Waals surface area contributed by atoms with Gasteiger partial charge in [0, 0.05) is 0 Å². The van der Waals surface area contributed by atoms with Gasteiger partial charge in [-0.15, -0.1) is 0 Å². The number of hydrogen-bond donors (Lipinski definition) is 0. The largest absolute Gasteiger partial charge is 0.373 e. The van der Waals surface area contributed by atoms with Crippen LogP contribution in [0.5, 0.6) is 0 Å². The molecule has 14 heavy (non-hydrogen) atoms. The highest BCUT2D eigenvalue weighted by molar-refractivity contribution is 5.88. The number of rotatable bonds is 0. The van der Waals surface area contributed by atoms with Crippen molar-refractivity contribution >= 4 is 5.78 Å². The van der Waals surface area contributed by atoms with E-state index < -0.39 is 0 Å². The zero-order valence-electron chi connectivity index (χ0n) is 8.95. The van der Waals surface area contributed by atoms with Crippen molar-refractivity contribution < 1.29 is 9.53 Å². The Labute approximate surface area is 85.0 Å². The van der Waals surface area contributed by atoms with Crippen LogP contribution in [0.1, 0.15) is 26.7 Å². The highest BCUT2D eigenvalue weighted by Crippen LogP contribution is 2.62. The lowest BCUT2D eigenvalue weighted by Gasteiger charge is -2.37. The maximum atomic E-state index is 11.9. The normalized spacial score (nSPS) is 56.3. The lowest BCUT2D eigenvalue weighted by atomic mass is 9.65. The molecule has 2 aliphatic carbocycles. The van der Waals surface area contributed by atoms with Crippen molar-refractivity contribution in [3.63, 3.8) is 0 Å². The van der Waals surface area contributed by atoms with Crippen LogP contribution in [0.25, 0.3) is 0 Å². The van der Waals surface area contributed by atoms with E-state index in [0.717, 1.165) is 24.2 Å². The molecule has 0 radical (unpaired) electrons. The van der Waals surface area contributed by atoms with Gasteiger partial charge in [0.25, 0.3) is 0 Å². The van der Waals surface area contributed by atoms with E-state index in [9.17, 15) is 4.79 Å². The van der Waals surface area contributed by atoms with E-state index in [1.165, 1.54) is 6.42 Å². The Morgan fingerprint density at radius 3 is 2.64 bits per heavy atom. The van der Waals surface area contributed by atoms with E-state index in [1.807, 2.05) is 0 Å². The molecule has 1 spiro atoms. The fourth-order valence-corrected chi connectivity index (χ4v) is 4.21. The zero-order valence-corrected chi connectivity index (χ0v) is 8.95. The second-order valence-electron chi connectivity index (χ2n) is 5.60. The van der Waals surface area contributed by atoms with Crippen LogP contribution in [0.2, 0.25) is 0 Å². The van der Waals surface area contributed by atoms with E-state index in [1.54, 1.807) is 0 Å². The van der Waals surface area contributed by atoms with Gasteiger partial charge in [-0.05, 0) is 36.5 Å². The lowest BCUT2D eigenvalue weighted by Crippen LogP contribution is -2.41. The minimum Gasteiger partial charge on any atom is -0.373 e. The number of carbonyl (C=O) groups is 1. The molecular weight excluding hydrogens is 176 g/mol. The van der Waals surface area contributed by atoms with Gasteiger partial charge >= 0.3 is 0 Å². The van der Waals surface area contributed by atoms with Crippen molar-refractivity contribution in [3.05, 3.63) is 0 Å². The van der Waals surface area contributed by atoms with Crippen LogP contribution >= 0.6 is 0 Å². The first kappa shape index (κ1) is 8.90. The van der Waals surface area contributed by atoms with Gasteiger partial charge in [-0.2, -0.15) is 0 Å². The van der Waals surface area contributed by atoms with Gasteiger partial charge in [0.1, 0.15) is 6.61 Å². The summed E-state index contributed by atoms with van der Waals surface area (Å²) in [6.07, 6.45) is 2.39. The van der Waals surface area contributed by atoms with Crippen LogP contribution < -0.4 is 0 Å². The third-order valence-electron chi connectivity index (χ3n) is 5.25. The Balaban J connectivity index is 1.96. The Morgan fingerprint density at radius 1 is 1.36 bits per heavy atom. The monoisotopic (exact) mass is 194 g/mol. The van der Waals surface area contributed by atoms with E-state index in [4.69, 9.17) is 4.74 Å². The predicted octanol–water partition coefficient (Wildman–Crippen LogP) is 1.88. The molecule has 0 N–H and O–H groups in total. The quantitative estimate of drug-likeness (QED) is 0.588. The molecule has 2 bridgehead atoms. The molecule has 5 unspecified atom stereocenters. The van der Waals surface area contributed by atoms with Crippen LogP contribution in [0, 0.1) is 29.1 Å². The second-order valence-corrected chi connectivity index (χ2v) is 5.60. The molecule has 5 atom stereocenters. The Morgan fingerprint density at radius 2 is 2.14 bits per heavy atom. The number of Topliss-reactive ketones (excluding diaryl/α,β-unsaturated/α-hetero) is 1. The summed E-state index contributed by atoms with van der Waals surface area (Å²) >= 11 is 0. The molecule has 3 fully saturated rings. The van der Waals surface area contributed by atoms with Crippen LogP contribution in [0.15, 0.2) is 0 Å². The molecule has 0 amide bonds. The maximum absolute atomic E-state index is 11.9. The minimum atomic E-state index is -0.0450. The first-order chi connectivity index (χ1) is 6.65. The highest BCUT2D eigenvalue weighted by atomic mass is 16.5. The molecule has 0 aromatic heterocycles. The third kappa shape index (κ3) is 0.837. The predicted molar refractivity (Wildman–Crippen MR) is 52.8 cm³/mol. The van der Waals surface area contributed by atoms with Gasteiger partial charge in [-0.1, -0.05) is 13.8 Å². The second kappa shape index (κ2) is 2.60. The van der Waals surface area contributed by atoms with E-state index in [2.05, 4.69) is 13.8 Å². The Hall–Kier alpha value is -0.370. The Kier molecular flexibility index (Phi) is 1.65. The maximum Gasteiger partial charge on any atom is 0.167 e. The van der Waals surface area contributed by atoms with Gasteiger partial charge in [-0.3, -0.25) is 4.79 Å². The highest BCUT2D eigenvalue weighted by Gasteiger charge is 2.62.